The van der Waals surface area contributed by atoms with Gasteiger partial charge in [-0.3, -0.25) is 0 Å². The molecule has 0 unspecified atom stereocenters. The van der Waals surface area contributed by atoms with Gasteiger partial charge in [-0.05, 0) is 12.8 Å². The summed E-state index contributed by atoms with van der Waals surface area (Å²) in [5.41, 5.74) is 0. The molecule has 84 valence electrons. The van der Waals surface area contributed by atoms with E-state index in [0.29, 0.717) is 18.8 Å². The van der Waals surface area contributed by atoms with Crippen molar-refractivity contribution in [1.82, 2.24) is 5.32 Å². The van der Waals surface area contributed by atoms with Gasteiger partial charge in [0.05, 0.1) is 19.3 Å². The monoisotopic (exact) mass is 201 g/mol. The van der Waals surface area contributed by atoms with Gasteiger partial charge >= 0.3 is 0 Å². The van der Waals surface area contributed by atoms with Crippen LogP contribution in [-0.2, 0) is 9.47 Å². The molecule has 3 heteroatoms. The Morgan fingerprint density at radius 1 is 1.36 bits per heavy atom. The fourth-order valence-electron chi connectivity index (χ4n) is 1.88. The van der Waals surface area contributed by atoms with Crippen molar-refractivity contribution in [3.8, 4) is 0 Å². The average Bonchev–Trinajstić information content (AvgIpc) is 2.63. The summed E-state index contributed by atoms with van der Waals surface area (Å²) < 4.78 is 10.6. The molecule has 1 fully saturated rings. The summed E-state index contributed by atoms with van der Waals surface area (Å²) in [7, 11) is 1.71. The zero-order valence-corrected chi connectivity index (χ0v) is 9.42. The van der Waals surface area contributed by atoms with Gasteiger partial charge in [0.2, 0.25) is 0 Å². The van der Waals surface area contributed by atoms with E-state index in [0.717, 1.165) is 13.2 Å². The van der Waals surface area contributed by atoms with Crippen molar-refractivity contribution in [2.75, 3.05) is 26.9 Å². The summed E-state index contributed by atoms with van der Waals surface area (Å²) in [6.07, 6.45) is 5.48. The second kappa shape index (κ2) is 7.21. The minimum Gasteiger partial charge on any atom is -0.382 e. The Labute approximate surface area is 87.2 Å². The molecule has 0 aromatic rings. The summed E-state index contributed by atoms with van der Waals surface area (Å²) in [6, 6.07) is 0.683. The summed E-state index contributed by atoms with van der Waals surface area (Å²) in [5, 5.41) is 3.50. The molecule has 1 saturated heterocycles. The van der Waals surface area contributed by atoms with Crippen LogP contribution in [0.1, 0.15) is 32.6 Å². The molecular weight excluding hydrogens is 178 g/mol. The van der Waals surface area contributed by atoms with E-state index < -0.39 is 0 Å². The highest BCUT2D eigenvalue weighted by atomic mass is 16.5. The number of hydrogen-bond acceptors (Lipinski definition) is 3. The Morgan fingerprint density at radius 3 is 2.93 bits per heavy atom. The summed E-state index contributed by atoms with van der Waals surface area (Å²) >= 11 is 0. The van der Waals surface area contributed by atoms with Crippen LogP contribution in [0.5, 0.6) is 0 Å². The van der Waals surface area contributed by atoms with E-state index in [9.17, 15) is 0 Å². The maximum Gasteiger partial charge on any atom is 0.0715 e. The average molecular weight is 201 g/mol. The first-order valence-electron chi connectivity index (χ1n) is 5.70. The number of unbranched alkanes of at least 4 members (excludes halogenated alkanes) is 1. The van der Waals surface area contributed by atoms with E-state index in [-0.39, 0.29) is 0 Å². The van der Waals surface area contributed by atoms with Gasteiger partial charge in [0.25, 0.3) is 0 Å². The molecule has 0 amide bonds. The SMILES string of the molecule is CCCC[C@@H]1C[C@H](OCCOC)CN1. The molecule has 0 aromatic heterocycles. The minimum atomic E-state index is 0.409. The van der Waals surface area contributed by atoms with Crippen LogP contribution in [0.25, 0.3) is 0 Å². The van der Waals surface area contributed by atoms with Crippen LogP contribution < -0.4 is 5.32 Å². The van der Waals surface area contributed by atoms with Crippen LogP contribution in [0, 0.1) is 0 Å². The quantitative estimate of drug-likeness (QED) is 0.634. The molecule has 0 bridgehead atoms. The van der Waals surface area contributed by atoms with E-state index >= 15 is 0 Å². The van der Waals surface area contributed by atoms with E-state index in [2.05, 4.69) is 12.2 Å². The molecule has 1 heterocycles. The predicted molar refractivity (Wildman–Crippen MR) is 57.5 cm³/mol. The van der Waals surface area contributed by atoms with Crippen LogP contribution >= 0.6 is 0 Å². The molecule has 1 N–H and O–H groups in total. The van der Waals surface area contributed by atoms with Crippen LogP contribution in [-0.4, -0.2) is 39.0 Å². The summed E-state index contributed by atoms with van der Waals surface area (Å²) in [4.78, 5) is 0. The predicted octanol–water partition coefficient (Wildman–Crippen LogP) is 1.57. The molecule has 0 aromatic carbocycles. The molecular formula is C11H23NO2. The number of ether oxygens (including phenoxy) is 2. The topological polar surface area (TPSA) is 30.5 Å². The van der Waals surface area contributed by atoms with Crippen molar-refractivity contribution in [2.45, 2.75) is 44.8 Å². The van der Waals surface area contributed by atoms with Gasteiger partial charge < -0.3 is 14.8 Å². The maximum atomic E-state index is 5.67. The molecule has 2 atom stereocenters. The molecule has 1 rings (SSSR count). The zero-order chi connectivity index (χ0) is 10.2. The van der Waals surface area contributed by atoms with Crippen LogP contribution in [0.4, 0.5) is 0 Å². The number of methoxy groups -OCH3 is 1. The Hall–Kier alpha value is -0.120. The Balaban J connectivity index is 2.02. The van der Waals surface area contributed by atoms with E-state index in [1.165, 1.54) is 25.7 Å². The third-order valence-corrected chi connectivity index (χ3v) is 2.73. The van der Waals surface area contributed by atoms with E-state index in [1.54, 1.807) is 7.11 Å². The highest BCUT2D eigenvalue weighted by Gasteiger charge is 2.23. The lowest BCUT2D eigenvalue weighted by molar-refractivity contribution is 0.0260. The molecule has 0 spiro atoms. The van der Waals surface area contributed by atoms with Crippen molar-refractivity contribution < 1.29 is 9.47 Å². The molecule has 14 heavy (non-hydrogen) atoms. The Kier molecular flexibility index (Phi) is 6.15. The second-order valence-electron chi connectivity index (χ2n) is 3.97. The van der Waals surface area contributed by atoms with Gasteiger partial charge in [-0.25, -0.2) is 0 Å². The standard InChI is InChI=1S/C11H23NO2/c1-3-4-5-10-8-11(9-12-10)14-7-6-13-2/h10-12H,3-9H2,1-2H3/t10-,11+/m1/s1. The van der Waals surface area contributed by atoms with Crippen LogP contribution in [0.15, 0.2) is 0 Å². The normalized spacial score (nSPS) is 27.0. The lowest BCUT2D eigenvalue weighted by Crippen LogP contribution is -2.21. The smallest absolute Gasteiger partial charge is 0.0715 e. The van der Waals surface area contributed by atoms with E-state index in [4.69, 9.17) is 9.47 Å². The lowest BCUT2D eigenvalue weighted by atomic mass is 10.1. The molecule has 1 aliphatic rings. The number of hydrogen-bond donors (Lipinski definition) is 1. The first-order chi connectivity index (χ1) is 6.86. The van der Waals surface area contributed by atoms with Crippen molar-refractivity contribution in [3.63, 3.8) is 0 Å². The first-order valence-corrected chi connectivity index (χ1v) is 5.70. The summed E-state index contributed by atoms with van der Waals surface area (Å²) in [5.74, 6) is 0. The molecule has 0 aliphatic carbocycles. The van der Waals surface area contributed by atoms with Crippen LogP contribution in [0.3, 0.4) is 0 Å². The number of rotatable bonds is 7. The van der Waals surface area contributed by atoms with Crippen molar-refractivity contribution >= 4 is 0 Å². The molecule has 0 radical (unpaired) electrons. The van der Waals surface area contributed by atoms with Gasteiger partial charge in [-0.2, -0.15) is 0 Å². The minimum absolute atomic E-state index is 0.409. The van der Waals surface area contributed by atoms with Crippen LogP contribution in [0.2, 0.25) is 0 Å². The third-order valence-electron chi connectivity index (χ3n) is 2.73. The number of nitrogens with one attached hydrogen (secondary N) is 1. The van der Waals surface area contributed by atoms with Gasteiger partial charge in [0.15, 0.2) is 0 Å². The van der Waals surface area contributed by atoms with Crippen molar-refractivity contribution in [3.05, 3.63) is 0 Å². The lowest BCUT2D eigenvalue weighted by Gasteiger charge is -2.10. The molecule has 1 aliphatic heterocycles. The fraction of sp³-hybridized carbons (Fsp3) is 1.00. The highest BCUT2D eigenvalue weighted by molar-refractivity contribution is 4.81. The first kappa shape index (κ1) is 12.0. The Bertz CT molecular complexity index is 141. The summed E-state index contributed by atoms with van der Waals surface area (Å²) in [6.45, 7) is 4.68. The van der Waals surface area contributed by atoms with Gasteiger partial charge in [0, 0.05) is 19.7 Å². The van der Waals surface area contributed by atoms with E-state index in [1.807, 2.05) is 0 Å². The fourth-order valence-corrected chi connectivity index (χ4v) is 1.88. The van der Waals surface area contributed by atoms with Gasteiger partial charge in [0.1, 0.15) is 0 Å². The second-order valence-corrected chi connectivity index (χ2v) is 3.97. The largest absolute Gasteiger partial charge is 0.382 e. The Morgan fingerprint density at radius 2 is 2.21 bits per heavy atom. The van der Waals surface area contributed by atoms with Gasteiger partial charge in [-0.15, -0.1) is 0 Å². The highest BCUT2D eigenvalue weighted by Crippen LogP contribution is 2.15. The van der Waals surface area contributed by atoms with Crippen molar-refractivity contribution in [1.29, 1.82) is 0 Å². The molecule has 0 saturated carbocycles. The third kappa shape index (κ3) is 4.40. The van der Waals surface area contributed by atoms with Crippen molar-refractivity contribution in [2.24, 2.45) is 0 Å². The van der Waals surface area contributed by atoms with Gasteiger partial charge in [-0.1, -0.05) is 19.8 Å². The zero-order valence-electron chi connectivity index (χ0n) is 9.42. The maximum absolute atomic E-state index is 5.67. The molecule has 3 nitrogen and oxygen atoms in total.